The standard InChI is InChI=1S/C14H14N2O/c1-4-8-15-14(17)12-7-5-6-11-9(2)10(3)16-13(11)12/h1,5-7,16H,8H2,2-3H3,(H,15,17). The van der Waals surface area contributed by atoms with E-state index in [2.05, 4.69) is 16.2 Å². The number of carbonyl (C=O) groups is 1. The van der Waals surface area contributed by atoms with Crippen LogP contribution in [0.25, 0.3) is 10.9 Å². The first kappa shape index (κ1) is 11.3. The van der Waals surface area contributed by atoms with Crippen LogP contribution in [0.2, 0.25) is 0 Å². The number of benzene rings is 1. The van der Waals surface area contributed by atoms with Crippen molar-refractivity contribution in [2.75, 3.05) is 6.54 Å². The summed E-state index contributed by atoms with van der Waals surface area (Å²) >= 11 is 0. The van der Waals surface area contributed by atoms with Gasteiger partial charge in [-0.1, -0.05) is 18.1 Å². The molecule has 0 aliphatic heterocycles. The molecule has 0 radical (unpaired) electrons. The second-order valence-corrected chi connectivity index (χ2v) is 3.99. The molecule has 3 heteroatoms. The number of hydrogen-bond acceptors (Lipinski definition) is 1. The lowest BCUT2D eigenvalue weighted by Gasteiger charge is -2.03. The number of terminal acetylenes is 1. The molecule has 1 aromatic heterocycles. The molecule has 1 amide bonds. The Morgan fingerprint density at radius 3 is 2.94 bits per heavy atom. The molecule has 0 atom stereocenters. The van der Waals surface area contributed by atoms with Crippen LogP contribution in [-0.2, 0) is 0 Å². The van der Waals surface area contributed by atoms with E-state index >= 15 is 0 Å². The van der Waals surface area contributed by atoms with Gasteiger partial charge in [-0.2, -0.15) is 0 Å². The number of hydrogen-bond donors (Lipinski definition) is 2. The van der Waals surface area contributed by atoms with Gasteiger partial charge < -0.3 is 10.3 Å². The summed E-state index contributed by atoms with van der Waals surface area (Å²) in [4.78, 5) is 15.2. The van der Waals surface area contributed by atoms with Gasteiger partial charge in [0.15, 0.2) is 0 Å². The smallest absolute Gasteiger partial charge is 0.254 e. The lowest BCUT2D eigenvalue weighted by atomic mass is 10.1. The molecular weight excluding hydrogens is 212 g/mol. The summed E-state index contributed by atoms with van der Waals surface area (Å²) in [6.45, 7) is 4.28. The van der Waals surface area contributed by atoms with Crippen LogP contribution in [0.3, 0.4) is 0 Å². The summed E-state index contributed by atoms with van der Waals surface area (Å²) in [6.07, 6.45) is 5.12. The number of aryl methyl sites for hydroxylation is 2. The van der Waals surface area contributed by atoms with E-state index in [0.29, 0.717) is 5.56 Å². The molecule has 1 aromatic carbocycles. The molecule has 0 aliphatic rings. The van der Waals surface area contributed by atoms with Gasteiger partial charge in [0.2, 0.25) is 0 Å². The highest BCUT2D eigenvalue weighted by Crippen LogP contribution is 2.23. The average molecular weight is 226 g/mol. The van der Waals surface area contributed by atoms with Crippen molar-refractivity contribution < 1.29 is 4.79 Å². The molecule has 17 heavy (non-hydrogen) atoms. The largest absolute Gasteiger partial charge is 0.358 e. The number of aromatic nitrogens is 1. The highest BCUT2D eigenvalue weighted by atomic mass is 16.1. The highest BCUT2D eigenvalue weighted by Gasteiger charge is 2.12. The van der Waals surface area contributed by atoms with Gasteiger partial charge >= 0.3 is 0 Å². The zero-order chi connectivity index (χ0) is 12.4. The third kappa shape index (κ3) is 1.90. The molecule has 0 unspecified atom stereocenters. The van der Waals surface area contributed by atoms with Crippen LogP contribution in [0.5, 0.6) is 0 Å². The number of para-hydroxylation sites is 1. The van der Waals surface area contributed by atoms with Crippen molar-refractivity contribution in [3.8, 4) is 12.3 Å². The van der Waals surface area contributed by atoms with Crippen molar-refractivity contribution in [3.05, 3.63) is 35.0 Å². The molecule has 0 fully saturated rings. The summed E-state index contributed by atoms with van der Waals surface area (Å²) in [5.41, 5.74) is 3.76. The van der Waals surface area contributed by atoms with Crippen molar-refractivity contribution in [3.63, 3.8) is 0 Å². The van der Waals surface area contributed by atoms with E-state index in [0.717, 1.165) is 16.6 Å². The molecule has 2 aromatic rings. The van der Waals surface area contributed by atoms with Crippen molar-refractivity contribution in [2.45, 2.75) is 13.8 Å². The molecule has 1 heterocycles. The Balaban J connectivity index is 2.52. The third-order valence-corrected chi connectivity index (χ3v) is 2.94. The van der Waals surface area contributed by atoms with E-state index in [1.165, 1.54) is 5.56 Å². The summed E-state index contributed by atoms with van der Waals surface area (Å²) in [5, 5.41) is 3.75. The number of H-pyrrole nitrogens is 1. The Labute approximate surface area is 100 Å². The molecule has 86 valence electrons. The van der Waals surface area contributed by atoms with E-state index in [-0.39, 0.29) is 12.5 Å². The van der Waals surface area contributed by atoms with Crippen molar-refractivity contribution >= 4 is 16.8 Å². The SMILES string of the molecule is C#CCNC(=O)c1cccc2c(C)c(C)[nH]c12. The van der Waals surface area contributed by atoms with Crippen molar-refractivity contribution in [2.24, 2.45) is 0 Å². The minimum absolute atomic E-state index is 0.144. The normalized spacial score (nSPS) is 10.2. The average Bonchev–Trinajstić information content (AvgIpc) is 2.62. The summed E-state index contributed by atoms with van der Waals surface area (Å²) < 4.78 is 0. The number of rotatable bonds is 2. The van der Waals surface area contributed by atoms with Crippen LogP contribution in [0.4, 0.5) is 0 Å². The van der Waals surface area contributed by atoms with Crippen molar-refractivity contribution in [1.29, 1.82) is 0 Å². The molecule has 2 N–H and O–H groups in total. The Bertz CT molecular complexity index is 617. The highest BCUT2D eigenvalue weighted by molar-refractivity contribution is 6.06. The van der Waals surface area contributed by atoms with Gasteiger partial charge in [0.25, 0.3) is 5.91 Å². The number of carbonyl (C=O) groups excluding carboxylic acids is 1. The molecule has 0 saturated heterocycles. The number of aromatic amines is 1. The zero-order valence-corrected chi connectivity index (χ0v) is 9.92. The Morgan fingerprint density at radius 2 is 2.24 bits per heavy atom. The molecule has 0 bridgehead atoms. The first-order valence-electron chi connectivity index (χ1n) is 5.44. The molecule has 0 spiro atoms. The Hall–Kier alpha value is -2.21. The van der Waals surface area contributed by atoms with Gasteiger partial charge in [0.05, 0.1) is 17.6 Å². The number of nitrogens with one attached hydrogen (secondary N) is 2. The second kappa shape index (κ2) is 4.34. The summed E-state index contributed by atoms with van der Waals surface area (Å²) in [7, 11) is 0. The van der Waals surface area contributed by atoms with E-state index in [1.54, 1.807) is 6.07 Å². The van der Waals surface area contributed by atoms with Crippen LogP contribution in [0, 0.1) is 26.2 Å². The minimum Gasteiger partial charge on any atom is -0.358 e. The Kier molecular flexibility index (Phi) is 2.88. The molecule has 0 saturated carbocycles. The van der Waals surface area contributed by atoms with Crippen LogP contribution in [0.1, 0.15) is 21.6 Å². The van der Waals surface area contributed by atoms with Crippen LogP contribution >= 0.6 is 0 Å². The fraction of sp³-hybridized carbons (Fsp3) is 0.214. The topological polar surface area (TPSA) is 44.9 Å². The van der Waals surface area contributed by atoms with Gasteiger partial charge in [-0.25, -0.2) is 0 Å². The maximum Gasteiger partial charge on any atom is 0.254 e. The van der Waals surface area contributed by atoms with Crippen molar-refractivity contribution in [1.82, 2.24) is 10.3 Å². The number of amides is 1. The van der Waals surface area contributed by atoms with Crippen LogP contribution in [-0.4, -0.2) is 17.4 Å². The second-order valence-electron chi connectivity index (χ2n) is 3.99. The molecule has 0 aliphatic carbocycles. The van der Waals surface area contributed by atoms with Gasteiger partial charge in [0, 0.05) is 11.1 Å². The van der Waals surface area contributed by atoms with Gasteiger partial charge in [0.1, 0.15) is 0 Å². The number of fused-ring (bicyclic) bond motifs is 1. The summed E-state index contributed by atoms with van der Waals surface area (Å²) in [6, 6.07) is 5.68. The van der Waals surface area contributed by atoms with E-state index in [1.807, 2.05) is 26.0 Å². The monoisotopic (exact) mass is 226 g/mol. The molecule has 2 rings (SSSR count). The van der Waals surface area contributed by atoms with Crippen LogP contribution < -0.4 is 5.32 Å². The lowest BCUT2D eigenvalue weighted by Crippen LogP contribution is -2.23. The minimum atomic E-state index is -0.144. The zero-order valence-electron chi connectivity index (χ0n) is 9.92. The molecule has 3 nitrogen and oxygen atoms in total. The lowest BCUT2D eigenvalue weighted by molar-refractivity contribution is 0.0960. The van der Waals surface area contributed by atoms with Gasteiger partial charge in [-0.05, 0) is 25.5 Å². The Morgan fingerprint density at radius 1 is 1.47 bits per heavy atom. The maximum atomic E-state index is 11.9. The first-order valence-corrected chi connectivity index (χ1v) is 5.44. The van der Waals surface area contributed by atoms with Crippen LogP contribution in [0.15, 0.2) is 18.2 Å². The fourth-order valence-corrected chi connectivity index (χ4v) is 1.90. The van der Waals surface area contributed by atoms with E-state index in [9.17, 15) is 4.79 Å². The van der Waals surface area contributed by atoms with E-state index < -0.39 is 0 Å². The predicted octanol–water partition coefficient (Wildman–Crippen LogP) is 2.15. The third-order valence-electron chi connectivity index (χ3n) is 2.94. The van der Waals surface area contributed by atoms with Gasteiger partial charge in [-0.3, -0.25) is 4.79 Å². The summed E-state index contributed by atoms with van der Waals surface area (Å²) in [5.74, 6) is 2.25. The predicted molar refractivity (Wildman–Crippen MR) is 68.9 cm³/mol. The van der Waals surface area contributed by atoms with E-state index in [4.69, 9.17) is 6.42 Å². The first-order chi connectivity index (χ1) is 8.15. The fourth-order valence-electron chi connectivity index (χ4n) is 1.90. The maximum absolute atomic E-state index is 11.9. The quantitative estimate of drug-likeness (QED) is 0.757. The van der Waals surface area contributed by atoms with Gasteiger partial charge in [-0.15, -0.1) is 6.42 Å². The molecular formula is C14H14N2O.